The van der Waals surface area contributed by atoms with Crippen molar-refractivity contribution in [1.29, 1.82) is 0 Å². The minimum absolute atomic E-state index is 0.00431. The smallest absolute Gasteiger partial charge is 0.254 e. The lowest BCUT2D eigenvalue weighted by atomic mass is 9.90. The van der Waals surface area contributed by atoms with E-state index in [1.54, 1.807) is 11.4 Å². The van der Waals surface area contributed by atoms with Gasteiger partial charge in [-0.05, 0) is 38.3 Å². The van der Waals surface area contributed by atoms with Gasteiger partial charge in [0, 0.05) is 50.6 Å². The lowest BCUT2D eigenvalue weighted by molar-refractivity contribution is 0.0908. The van der Waals surface area contributed by atoms with E-state index < -0.39 is 22.5 Å². The first-order valence-electron chi connectivity index (χ1n) is 13.9. The normalized spacial score (nSPS) is 21.0. The largest absolute Gasteiger partial charge is 0.495 e. The van der Waals surface area contributed by atoms with Crippen LogP contribution in [0.5, 0.6) is 5.75 Å². The molecule has 1 saturated carbocycles. The topological polar surface area (TPSA) is 135 Å². The number of likely N-dealkylation sites (tertiary alicyclic amines) is 1. The van der Waals surface area contributed by atoms with E-state index in [4.69, 9.17) is 16.3 Å². The number of anilines is 3. The average molecular weight is 614 g/mol. The zero-order chi connectivity index (χ0) is 29.7. The van der Waals surface area contributed by atoms with E-state index in [0.29, 0.717) is 10.8 Å². The second-order valence-electron chi connectivity index (χ2n) is 10.7. The SMILES string of the molecule is CCN1CCC(NC(=O)c2cc(OC)c(Nc3ncc(Cl)c(N[C@@H]4CCCC[C@H]4N(C)S(C)(O)O)n3)cc2F)CC1. The van der Waals surface area contributed by atoms with Gasteiger partial charge in [-0.15, -0.1) is 10.8 Å². The number of nitrogens with one attached hydrogen (secondary N) is 3. The molecule has 1 aliphatic heterocycles. The van der Waals surface area contributed by atoms with Crippen LogP contribution >= 0.6 is 22.4 Å². The minimum atomic E-state index is -2.88. The zero-order valence-corrected chi connectivity index (χ0v) is 25.6. The third-order valence-electron chi connectivity index (χ3n) is 7.96. The van der Waals surface area contributed by atoms with Gasteiger partial charge in [0.1, 0.15) is 16.6 Å². The highest BCUT2D eigenvalue weighted by molar-refractivity contribution is 8.21. The molecule has 0 radical (unpaired) electrons. The van der Waals surface area contributed by atoms with Gasteiger partial charge in [0.2, 0.25) is 5.95 Å². The third kappa shape index (κ3) is 7.90. The van der Waals surface area contributed by atoms with Crippen LogP contribution in [0.2, 0.25) is 5.02 Å². The summed E-state index contributed by atoms with van der Waals surface area (Å²) < 4.78 is 42.7. The summed E-state index contributed by atoms with van der Waals surface area (Å²) in [6.45, 7) is 4.88. The Bertz CT molecular complexity index is 1210. The van der Waals surface area contributed by atoms with Gasteiger partial charge >= 0.3 is 0 Å². The highest BCUT2D eigenvalue weighted by atomic mass is 35.5. The molecule has 2 aromatic rings. The molecular weight excluding hydrogens is 573 g/mol. The minimum Gasteiger partial charge on any atom is -0.495 e. The second kappa shape index (κ2) is 13.7. The number of rotatable bonds is 10. The second-order valence-corrected chi connectivity index (χ2v) is 13.2. The monoisotopic (exact) mass is 613 g/mol. The van der Waals surface area contributed by atoms with Crippen LogP contribution in [0.15, 0.2) is 18.3 Å². The zero-order valence-electron chi connectivity index (χ0n) is 24.0. The number of aromatic nitrogens is 2. The third-order valence-corrected chi connectivity index (χ3v) is 9.60. The van der Waals surface area contributed by atoms with E-state index >= 15 is 4.39 Å². The van der Waals surface area contributed by atoms with Crippen molar-refractivity contribution in [3.8, 4) is 5.75 Å². The number of amides is 1. The Morgan fingerprint density at radius 3 is 2.61 bits per heavy atom. The molecule has 0 bridgehead atoms. The predicted octanol–water partition coefficient (Wildman–Crippen LogP) is 5.19. The van der Waals surface area contributed by atoms with Crippen LogP contribution in [0, 0.1) is 5.82 Å². The average Bonchev–Trinajstić information content (AvgIpc) is 2.94. The molecule has 2 atom stereocenters. The Morgan fingerprint density at radius 2 is 1.95 bits per heavy atom. The quantitative estimate of drug-likeness (QED) is 0.244. The van der Waals surface area contributed by atoms with Crippen molar-refractivity contribution in [1.82, 2.24) is 24.5 Å². The van der Waals surface area contributed by atoms with Crippen molar-refractivity contribution < 1.29 is 23.0 Å². The summed E-state index contributed by atoms with van der Waals surface area (Å²) in [5.74, 6) is -0.405. The molecule has 14 heteroatoms. The van der Waals surface area contributed by atoms with Gasteiger partial charge in [-0.25, -0.2) is 13.7 Å². The summed E-state index contributed by atoms with van der Waals surface area (Å²) in [6.07, 6.45) is 8.03. The molecule has 2 fully saturated rings. The molecule has 1 saturated heterocycles. The maximum atomic E-state index is 15.2. The first kappa shape index (κ1) is 31.5. The van der Waals surface area contributed by atoms with Crippen molar-refractivity contribution in [3.63, 3.8) is 0 Å². The van der Waals surface area contributed by atoms with Crippen LogP contribution in [0.4, 0.5) is 21.8 Å². The molecule has 1 amide bonds. The van der Waals surface area contributed by atoms with Crippen LogP contribution < -0.4 is 20.7 Å². The number of hydrogen-bond donors (Lipinski definition) is 5. The number of carbonyl (C=O) groups excluding carboxylic acids is 1. The van der Waals surface area contributed by atoms with Crippen molar-refractivity contribution in [2.75, 3.05) is 50.7 Å². The van der Waals surface area contributed by atoms with Gasteiger partial charge in [0.25, 0.3) is 5.91 Å². The van der Waals surface area contributed by atoms with Gasteiger partial charge in [-0.3, -0.25) is 13.9 Å². The molecule has 1 aromatic heterocycles. The van der Waals surface area contributed by atoms with Gasteiger partial charge in [0.05, 0.1) is 24.6 Å². The van der Waals surface area contributed by atoms with Crippen LogP contribution in [0.25, 0.3) is 0 Å². The van der Waals surface area contributed by atoms with Crippen molar-refractivity contribution in [2.24, 2.45) is 0 Å². The molecule has 41 heavy (non-hydrogen) atoms. The summed E-state index contributed by atoms with van der Waals surface area (Å²) in [7, 11) is 0.257. The molecule has 1 aromatic carbocycles. The number of benzene rings is 1. The highest BCUT2D eigenvalue weighted by Gasteiger charge is 2.33. The molecule has 4 rings (SSSR count). The number of nitrogens with zero attached hydrogens (tertiary/aromatic N) is 4. The van der Waals surface area contributed by atoms with Crippen molar-refractivity contribution >= 4 is 45.7 Å². The summed E-state index contributed by atoms with van der Waals surface area (Å²) >= 11 is 6.42. The van der Waals surface area contributed by atoms with Crippen LogP contribution in [-0.2, 0) is 0 Å². The standard InChI is InChI=1S/C27H41ClFN7O4S/c1-5-36-12-10-17(11-13-36)31-26(37)18-14-24(40-3)22(15-20(18)29)33-27-30-16-19(28)25(34-27)32-21-8-6-7-9-23(21)35(2)41(4,38)39/h14-17,21,23,38-39H,5-13H2,1-4H3,(H,31,37)(H2,30,32,33,34)/t21-,23-/m1/s1. The van der Waals surface area contributed by atoms with E-state index in [0.717, 1.165) is 58.2 Å². The molecule has 0 spiro atoms. The maximum absolute atomic E-state index is 15.2. The van der Waals surface area contributed by atoms with Crippen LogP contribution in [-0.4, -0.2) is 92.4 Å². The number of piperidine rings is 1. The molecule has 2 heterocycles. The predicted molar refractivity (Wildman–Crippen MR) is 162 cm³/mol. The van der Waals surface area contributed by atoms with Gasteiger partial charge < -0.3 is 25.6 Å². The lowest BCUT2D eigenvalue weighted by Crippen LogP contribution is -2.47. The Kier molecular flexibility index (Phi) is 10.5. The van der Waals surface area contributed by atoms with E-state index in [1.807, 2.05) is 0 Å². The van der Waals surface area contributed by atoms with Gasteiger partial charge in [0.15, 0.2) is 5.82 Å². The summed E-state index contributed by atoms with van der Waals surface area (Å²) in [6, 6.07) is 2.30. The van der Waals surface area contributed by atoms with E-state index in [1.165, 1.54) is 31.7 Å². The molecule has 2 aliphatic rings. The number of methoxy groups -OCH3 is 1. The first-order valence-corrected chi connectivity index (χ1v) is 16.2. The van der Waals surface area contributed by atoms with Crippen LogP contribution in [0.3, 0.4) is 0 Å². The van der Waals surface area contributed by atoms with E-state index in [-0.39, 0.29) is 41.1 Å². The van der Waals surface area contributed by atoms with E-state index in [2.05, 4.69) is 37.7 Å². The Balaban J connectivity index is 1.49. The Hall–Kier alpha value is -2.42. The molecule has 5 N–H and O–H groups in total. The molecule has 228 valence electrons. The van der Waals surface area contributed by atoms with Crippen molar-refractivity contribution in [2.45, 2.75) is 63.6 Å². The van der Waals surface area contributed by atoms with Crippen LogP contribution in [0.1, 0.15) is 55.8 Å². The summed E-state index contributed by atoms with van der Waals surface area (Å²) in [5, 5.41) is 9.57. The Morgan fingerprint density at radius 1 is 1.24 bits per heavy atom. The van der Waals surface area contributed by atoms with Gasteiger partial charge in [-0.2, -0.15) is 4.98 Å². The molecule has 0 unspecified atom stereocenters. The maximum Gasteiger partial charge on any atom is 0.254 e. The Labute approximate surface area is 247 Å². The fourth-order valence-corrected chi connectivity index (χ4v) is 6.36. The number of likely N-dealkylation sites (N-methyl/N-ethyl adjacent to an activating group) is 1. The highest BCUT2D eigenvalue weighted by Crippen LogP contribution is 2.43. The van der Waals surface area contributed by atoms with Crippen molar-refractivity contribution in [3.05, 3.63) is 34.7 Å². The number of ether oxygens (including phenoxy) is 1. The van der Waals surface area contributed by atoms with Gasteiger partial charge in [-0.1, -0.05) is 31.4 Å². The molecule has 11 nitrogen and oxygen atoms in total. The van der Waals surface area contributed by atoms with E-state index in [9.17, 15) is 13.9 Å². The fourth-order valence-electron chi connectivity index (χ4n) is 5.45. The molecule has 1 aliphatic carbocycles. The molecular formula is C27H41ClFN7O4S. The summed E-state index contributed by atoms with van der Waals surface area (Å²) in [4.78, 5) is 24.0. The first-order chi connectivity index (χ1) is 19.5. The number of halogens is 2. The lowest BCUT2D eigenvalue weighted by Gasteiger charge is -2.46. The summed E-state index contributed by atoms with van der Waals surface area (Å²) in [5.41, 5.74) is 0.153. The number of carbonyl (C=O) groups is 1. The number of hydrogen-bond acceptors (Lipinski definition) is 10. The fraction of sp³-hybridized carbons (Fsp3) is 0.593.